The van der Waals surface area contributed by atoms with Gasteiger partial charge in [-0.3, -0.25) is 9.36 Å². The predicted octanol–water partition coefficient (Wildman–Crippen LogP) is 0.167. The van der Waals surface area contributed by atoms with Gasteiger partial charge in [0.1, 0.15) is 6.20 Å². The van der Waals surface area contributed by atoms with Crippen molar-refractivity contribution in [3.05, 3.63) is 50.3 Å². The molecule has 0 aliphatic rings. The summed E-state index contributed by atoms with van der Waals surface area (Å²) < 4.78 is 1.99. The Morgan fingerprint density at radius 3 is 2.71 bits per heavy atom. The standard InChI is InChI=1S/C10H9ClN4O2/c1-14-9(16)5-13-15(10(14)17)8-3-2-6(11)4-7(8)12/h2-5H,12H2,1H3. The fraction of sp³-hybridized carbons (Fsp3) is 0.100. The van der Waals surface area contributed by atoms with Crippen molar-refractivity contribution >= 4 is 17.3 Å². The Kier molecular flexibility index (Phi) is 2.72. The van der Waals surface area contributed by atoms with Crippen molar-refractivity contribution in [2.75, 3.05) is 5.73 Å². The summed E-state index contributed by atoms with van der Waals surface area (Å²) in [5, 5.41) is 4.21. The maximum absolute atomic E-state index is 11.8. The molecule has 0 saturated carbocycles. The Morgan fingerprint density at radius 1 is 1.35 bits per heavy atom. The summed E-state index contributed by atoms with van der Waals surface area (Å²) in [6, 6.07) is 4.67. The SMILES string of the molecule is Cn1c(=O)cnn(-c2ccc(Cl)cc2N)c1=O. The maximum Gasteiger partial charge on any atom is 0.352 e. The molecule has 0 bridgehead atoms. The topological polar surface area (TPSA) is 82.9 Å². The molecule has 2 aromatic rings. The zero-order chi connectivity index (χ0) is 12.6. The molecule has 0 aliphatic heterocycles. The molecule has 2 rings (SSSR count). The summed E-state index contributed by atoms with van der Waals surface area (Å²) in [4.78, 5) is 23.0. The molecule has 1 heterocycles. The smallest absolute Gasteiger partial charge is 0.352 e. The third kappa shape index (κ3) is 1.94. The van der Waals surface area contributed by atoms with Gasteiger partial charge in [0.05, 0.1) is 11.4 Å². The lowest BCUT2D eigenvalue weighted by Gasteiger charge is -2.08. The molecule has 0 unspecified atom stereocenters. The molecule has 0 atom stereocenters. The average Bonchev–Trinajstić information content (AvgIpc) is 2.28. The molecular formula is C10H9ClN4O2. The minimum atomic E-state index is -0.563. The first-order chi connectivity index (χ1) is 8.00. The first-order valence-corrected chi connectivity index (χ1v) is 5.09. The summed E-state index contributed by atoms with van der Waals surface area (Å²) in [6.07, 6.45) is 1.05. The largest absolute Gasteiger partial charge is 0.397 e. The van der Waals surface area contributed by atoms with Gasteiger partial charge in [0.2, 0.25) is 0 Å². The number of hydrogen-bond donors (Lipinski definition) is 1. The van der Waals surface area contributed by atoms with Gasteiger partial charge in [-0.05, 0) is 18.2 Å². The van der Waals surface area contributed by atoms with Gasteiger partial charge in [-0.25, -0.2) is 4.79 Å². The van der Waals surface area contributed by atoms with Gasteiger partial charge in [-0.1, -0.05) is 11.6 Å². The normalized spacial score (nSPS) is 10.5. The molecule has 0 fully saturated rings. The number of nitrogens with zero attached hydrogens (tertiary/aromatic N) is 3. The van der Waals surface area contributed by atoms with Crippen LogP contribution in [0.5, 0.6) is 0 Å². The van der Waals surface area contributed by atoms with Crippen LogP contribution in [0.1, 0.15) is 0 Å². The number of benzene rings is 1. The molecule has 1 aromatic carbocycles. The lowest BCUT2D eigenvalue weighted by Crippen LogP contribution is -2.38. The molecule has 0 aliphatic carbocycles. The van der Waals surface area contributed by atoms with Crippen LogP contribution >= 0.6 is 11.6 Å². The van der Waals surface area contributed by atoms with E-state index in [1.54, 1.807) is 12.1 Å². The molecule has 6 nitrogen and oxygen atoms in total. The Labute approximate surface area is 101 Å². The minimum Gasteiger partial charge on any atom is -0.397 e. The van der Waals surface area contributed by atoms with Crippen molar-refractivity contribution in [1.82, 2.24) is 14.3 Å². The molecule has 2 N–H and O–H groups in total. The summed E-state index contributed by atoms with van der Waals surface area (Å²) in [5.74, 6) is 0. The van der Waals surface area contributed by atoms with Crippen LogP contribution in [-0.2, 0) is 7.05 Å². The van der Waals surface area contributed by atoms with E-state index in [0.717, 1.165) is 15.4 Å². The summed E-state index contributed by atoms with van der Waals surface area (Å²) >= 11 is 5.76. The van der Waals surface area contributed by atoms with Crippen LogP contribution in [-0.4, -0.2) is 14.3 Å². The predicted molar refractivity (Wildman–Crippen MR) is 64.5 cm³/mol. The van der Waals surface area contributed by atoms with Gasteiger partial charge in [0, 0.05) is 12.1 Å². The Hall–Kier alpha value is -2.08. The van der Waals surface area contributed by atoms with Crippen LogP contribution in [0.25, 0.3) is 5.69 Å². The number of rotatable bonds is 1. The second-order valence-electron chi connectivity index (χ2n) is 3.44. The average molecular weight is 253 g/mol. The van der Waals surface area contributed by atoms with Crippen molar-refractivity contribution in [2.24, 2.45) is 7.05 Å². The fourth-order valence-corrected chi connectivity index (χ4v) is 1.54. The lowest BCUT2D eigenvalue weighted by atomic mass is 10.3. The molecule has 0 saturated heterocycles. The fourth-order valence-electron chi connectivity index (χ4n) is 1.36. The van der Waals surface area contributed by atoms with Gasteiger partial charge >= 0.3 is 5.69 Å². The van der Waals surface area contributed by atoms with Crippen LogP contribution < -0.4 is 17.0 Å². The van der Waals surface area contributed by atoms with E-state index in [1.807, 2.05) is 0 Å². The van der Waals surface area contributed by atoms with Crippen LogP contribution in [0.3, 0.4) is 0 Å². The number of halogens is 1. The van der Waals surface area contributed by atoms with Crippen molar-refractivity contribution in [3.8, 4) is 5.69 Å². The lowest BCUT2D eigenvalue weighted by molar-refractivity contribution is 0.656. The van der Waals surface area contributed by atoms with E-state index in [-0.39, 0.29) is 0 Å². The Balaban J connectivity index is 2.74. The monoisotopic (exact) mass is 252 g/mol. The second-order valence-corrected chi connectivity index (χ2v) is 3.88. The number of hydrogen-bond acceptors (Lipinski definition) is 4. The van der Waals surface area contributed by atoms with Gasteiger partial charge in [0.15, 0.2) is 0 Å². The van der Waals surface area contributed by atoms with E-state index in [4.69, 9.17) is 17.3 Å². The van der Waals surface area contributed by atoms with Gasteiger partial charge in [-0.15, -0.1) is 0 Å². The number of anilines is 1. The molecular weight excluding hydrogens is 244 g/mol. The van der Waals surface area contributed by atoms with E-state index in [0.29, 0.717) is 16.4 Å². The van der Waals surface area contributed by atoms with E-state index in [1.165, 1.54) is 13.1 Å². The Morgan fingerprint density at radius 2 is 2.06 bits per heavy atom. The summed E-state index contributed by atoms with van der Waals surface area (Å²) in [5.41, 5.74) is 5.40. The van der Waals surface area contributed by atoms with Crippen molar-refractivity contribution in [3.63, 3.8) is 0 Å². The molecule has 17 heavy (non-hydrogen) atoms. The Bertz CT molecular complexity index is 689. The second kappa shape index (κ2) is 4.06. The number of aromatic nitrogens is 3. The van der Waals surface area contributed by atoms with Crippen molar-refractivity contribution < 1.29 is 0 Å². The highest BCUT2D eigenvalue weighted by Crippen LogP contribution is 2.19. The molecule has 0 radical (unpaired) electrons. The minimum absolute atomic E-state index is 0.311. The van der Waals surface area contributed by atoms with E-state index in [9.17, 15) is 9.59 Å². The van der Waals surface area contributed by atoms with Crippen LogP contribution in [0.15, 0.2) is 34.0 Å². The maximum atomic E-state index is 11.8. The van der Waals surface area contributed by atoms with Gasteiger partial charge < -0.3 is 5.73 Å². The highest BCUT2D eigenvalue weighted by Gasteiger charge is 2.08. The molecule has 1 aromatic heterocycles. The zero-order valence-electron chi connectivity index (χ0n) is 8.92. The molecule has 0 spiro atoms. The van der Waals surface area contributed by atoms with Gasteiger partial charge in [0.25, 0.3) is 5.56 Å². The third-order valence-electron chi connectivity index (χ3n) is 2.30. The first kappa shape index (κ1) is 11.4. The van der Waals surface area contributed by atoms with E-state index in [2.05, 4.69) is 5.10 Å². The summed E-state index contributed by atoms with van der Waals surface area (Å²) in [6.45, 7) is 0. The van der Waals surface area contributed by atoms with Crippen LogP contribution in [0.4, 0.5) is 5.69 Å². The van der Waals surface area contributed by atoms with Crippen LogP contribution in [0, 0.1) is 0 Å². The first-order valence-electron chi connectivity index (χ1n) is 4.71. The zero-order valence-corrected chi connectivity index (χ0v) is 9.68. The number of nitrogens with two attached hydrogens (primary N) is 1. The van der Waals surface area contributed by atoms with Crippen LogP contribution in [0.2, 0.25) is 5.02 Å². The highest BCUT2D eigenvalue weighted by molar-refractivity contribution is 6.30. The van der Waals surface area contributed by atoms with Gasteiger partial charge in [-0.2, -0.15) is 9.78 Å². The summed E-state index contributed by atoms with van der Waals surface area (Å²) in [7, 11) is 1.37. The van der Waals surface area contributed by atoms with E-state index < -0.39 is 11.2 Å². The highest BCUT2D eigenvalue weighted by atomic mass is 35.5. The quantitative estimate of drug-likeness (QED) is 0.734. The van der Waals surface area contributed by atoms with E-state index >= 15 is 0 Å². The molecule has 7 heteroatoms. The molecule has 0 amide bonds. The number of nitrogen functional groups attached to an aromatic ring is 1. The molecule has 88 valence electrons. The third-order valence-corrected chi connectivity index (χ3v) is 2.54. The van der Waals surface area contributed by atoms with Crippen molar-refractivity contribution in [2.45, 2.75) is 0 Å². The van der Waals surface area contributed by atoms with Crippen molar-refractivity contribution in [1.29, 1.82) is 0 Å².